The van der Waals surface area contributed by atoms with E-state index in [0.29, 0.717) is 6.04 Å². The van der Waals surface area contributed by atoms with Crippen LogP contribution in [0.4, 0.5) is 0 Å². The van der Waals surface area contributed by atoms with E-state index in [4.69, 9.17) is 0 Å². The van der Waals surface area contributed by atoms with Gasteiger partial charge in [-0.25, -0.2) is 0 Å². The lowest BCUT2D eigenvalue weighted by Crippen LogP contribution is -2.26. The lowest BCUT2D eigenvalue weighted by atomic mass is 10.0. The van der Waals surface area contributed by atoms with E-state index >= 15 is 0 Å². The molecule has 0 aromatic heterocycles. The molecule has 1 aromatic carbocycles. The van der Waals surface area contributed by atoms with Crippen LogP contribution in [0.2, 0.25) is 0 Å². The van der Waals surface area contributed by atoms with Crippen LogP contribution in [0.3, 0.4) is 0 Å². The van der Waals surface area contributed by atoms with Crippen molar-refractivity contribution in [3.63, 3.8) is 0 Å². The summed E-state index contributed by atoms with van der Waals surface area (Å²) < 4.78 is 1.20. The molecule has 1 N–H and O–H groups in total. The summed E-state index contributed by atoms with van der Waals surface area (Å²) in [5.74, 6) is 0. The van der Waals surface area contributed by atoms with Crippen molar-refractivity contribution < 1.29 is 0 Å². The minimum Gasteiger partial charge on any atom is -0.310 e. The van der Waals surface area contributed by atoms with Gasteiger partial charge in [0, 0.05) is 10.5 Å². The average molecular weight is 299 g/mol. The predicted molar refractivity (Wildman–Crippen MR) is 78.3 cm³/mol. The maximum Gasteiger partial charge on any atom is 0.0343 e. The van der Waals surface area contributed by atoms with Gasteiger partial charge in [-0.3, -0.25) is 0 Å². The van der Waals surface area contributed by atoms with Crippen molar-refractivity contribution in [2.24, 2.45) is 0 Å². The van der Waals surface area contributed by atoms with Crippen LogP contribution in [0.1, 0.15) is 31.4 Å². The maximum absolute atomic E-state index is 3.64. The van der Waals surface area contributed by atoms with Gasteiger partial charge in [0.15, 0.2) is 0 Å². The van der Waals surface area contributed by atoms with E-state index in [2.05, 4.69) is 71.4 Å². The van der Waals surface area contributed by atoms with Crippen molar-refractivity contribution in [3.05, 3.63) is 34.3 Å². The van der Waals surface area contributed by atoms with Crippen molar-refractivity contribution in [2.75, 3.05) is 27.2 Å². The Morgan fingerprint density at radius 3 is 2.59 bits per heavy atom. The van der Waals surface area contributed by atoms with Crippen molar-refractivity contribution in [1.82, 2.24) is 10.2 Å². The molecule has 0 saturated heterocycles. The number of rotatable bonds is 7. The molecule has 0 heterocycles. The van der Waals surface area contributed by atoms with E-state index in [1.165, 1.54) is 16.5 Å². The summed E-state index contributed by atoms with van der Waals surface area (Å²) in [4.78, 5) is 2.23. The number of hydrogen-bond donors (Lipinski definition) is 1. The lowest BCUT2D eigenvalue weighted by Gasteiger charge is -2.22. The Hall–Kier alpha value is -0.380. The van der Waals surface area contributed by atoms with Gasteiger partial charge in [-0.05, 0) is 51.7 Å². The Kier molecular flexibility index (Phi) is 6.78. The Balaban J connectivity index is 2.71. The molecular weight excluding hydrogens is 276 g/mol. The highest BCUT2D eigenvalue weighted by atomic mass is 79.9. The molecule has 0 saturated carbocycles. The van der Waals surface area contributed by atoms with Crippen LogP contribution >= 0.6 is 15.9 Å². The monoisotopic (exact) mass is 298 g/mol. The predicted octanol–water partition coefficient (Wildman–Crippen LogP) is 3.44. The number of benzene rings is 1. The standard InChI is InChI=1S/C14H23BrN2/c1-4-10-16-14(9-11-17(2)3)12-7-5-6-8-13(12)15/h5-8,14,16H,4,9-11H2,1-3H3. The van der Waals surface area contributed by atoms with E-state index in [1.807, 2.05) is 0 Å². The molecule has 1 rings (SSSR count). The molecule has 0 spiro atoms. The smallest absolute Gasteiger partial charge is 0.0343 e. The van der Waals surface area contributed by atoms with E-state index in [-0.39, 0.29) is 0 Å². The Bertz CT molecular complexity index is 326. The first-order valence-electron chi connectivity index (χ1n) is 6.27. The molecule has 1 atom stereocenters. The third-order valence-corrected chi connectivity index (χ3v) is 3.51. The van der Waals surface area contributed by atoms with E-state index in [9.17, 15) is 0 Å². The summed E-state index contributed by atoms with van der Waals surface area (Å²) in [5, 5.41) is 3.63. The van der Waals surface area contributed by atoms with Crippen LogP contribution in [0.15, 0.2) is 28.7 Å². The van der Waals surface area contributed by atoms with E-state index in [1.54, 1.807) is 0 Å². The fraction of sp³-hybridized carbons (Fsp3) is 0.571. The summed E-state index contributed by atoms with van der Waals surface area (Å²) in [7, 11) is 4.24. The van der Waals surface area contributed by atoms with Gasteiger partial charge in [-0.1, -0.05) is 41.1 Å². The van der Waals surface area contributed by atoms with Crippen molar-refractivity contribution in [2.45, 2.75) is 25.8 Å². The first kappa shape index (κ1) is 14.7. The fourth-order valence-corrected chi connectivity index (χ4v) is 2.39. The maximum atomic E-state index is 3.64. The minimum atomic E-state index is 0.438. The Morgan fingerprint density at radius 1 is 1.29 bits per heavy atom. The first-order valence-corrected chi connectivity index (χ1v) is 7.07. The third kappa shape index (κ3) is 5.19. The van der Waals surface area contributed by atoms with Crippen LogP contribution in [0.25, 0.3) is 0 Å². The summed E-state index contributed by atoms with van der Waals surface area (Å²) >= 11 is 3.64. The number of nitrogens with one attached hydrogen (secondary N) is 1. The quantitative estimate of drug-likeness (QED) is 0.829. The van der Waals surface area contributed by atoms with Crippen LogP contribution in [0.5, 0.6) is 0 Å². The molecule has 0 aliphatic carbocycles. The molecule has 2 nitrogen and oxygen atoms in total. The second-order valence-corrected chi connectivity index (χ2v) is 5.47. The second kappa shape index (κ2) is 7.85. The van der Waals surface area contributed by atoms with Gasteiger partial charge in [0.1, 0.15) is 0 Å². The zero-order valence-electron chi connectivity index (χ0n) is 11.0. The summed E-state index contributed by atoms with van der Waals surface area (Å²) in [5.41, 5.74) is 1.36. The van der Waals surface area contributed by atoms with Crippen LogP contribution in [0, 0.1) is 0 Å². The van der Waals surface area contributed by atoms with Crippen molar-refractivity contribution in [1.29, 1.82) is 0 Å². The SMILES string of the molecule is CCCNC(CCN(C)C)c1ccccc1Br. The Labute approximate surface area is 114 Å². The van der Waals surface area contributed by atoms with Gasteiger partial charge in [-0.2, -0.15) is 0 Å². The van der Waals surface area contributed by atoms with Gasteiger partial charge in [0.05, 0.1) is 0 Å². The summed E-state index contributed by atoms with van der Waals surface area (Å²) in [6, 6.07) is 8.93. The molecule has 1 unspecified atom stereocenters. The molecule has 17 heavy (non-hydrogen) atoms. The topological polar surface area (TPSA) is 15.3 Å². The van der Waals surface area contributed by atoms with Gasteiger partial charge in [0.2, 0.25) is 0 Å². The molecule has 0 amide bonds. The van der Waals surface area contributed by atoms with Crippen LogP contribution in [-0.4, -0.2) is 32.1 Å². The third-order valence-electron chi connectivity index (χ3n) is 2.79. The van der Waals surface area contributed by atoms with Crippen LogP contribution in [-0.2, 0) is 0 Å². The van der Waals surface area contributed by atoms with Gasteiger partial charge in [0.25, 0.3) is 0 Å². The fourth-order valence-electron chi connectivity index (χ4n) is 1.83. The molecule has 0 radical (unpaired) electrons. The highest BCUT2D eigenvalue weighted by Crippen LogP contribution is 2.25. The van der Waals surface area contributed by atoms with Gasteiger partial charge in [-0.15, -0.1) is 0 Å². The van der Waals surface area contributed by atoms with Crippen molar-refractivity contribution >= 4 is 15.9 Å². The number of halogens is 1. The zero-order valence-corrected chi connectivity index (χ0v) is 12.6. The van der Waals surface area contributed by atoms with Crippen LogP contribution < -0.4 is 5.32 Å². The van der Waals surface area contributed by atoms with Gasteiger partial charge < -0.3 is 10.2 Å². The Morgan fingerprint density at radius 2 is 2.00 bits per heavy atom. The average Bonchev–Trinajstić information content (AvgIpc) is 2.30. The highest BCUT2D eigenvalue weighted by Gasteiger charge is 2.13. The minimum absolute atomic E-state index is 0.438. The number of nitrogens with zero attached hydrogens (tertiary/aromatic N) is 1. The normalized spacial score (nSPS) is 13.0. The molecule has 96 valence electrons. The molecule has 0 bridgehead atoms. The zero-order chi connectivity index (χ0) is 12.7. The van der Waals surface area contributed by atoms with E-state index < -0.39 is 0 Å². The lowest BCUT2D eigenvalue weighted by molar-refractivity contribution is 0.360. The van der Waals surface area contributed by atoms with Crippen molar-refractivity contribution in [3.8, 4) is 0 Å². The molecule has 0 fully saturated rings. The molecular formula is C14H23BrN2. The molecule has 1 aromatic rings. The molecule has 0 aliphatic heterocycles. The summed E-state index contributed by atoms with van der Waals surface area (Å²) in [6.45, 7) is 4.37. The molecule has 3 heteroatoms. The second-order valence-electron chi connectivity index (χ2n) is 4.62. The van der Waals surface area contributed by atoms with E-state index in [0.717, 1.165) is 19.5 Å². The molecule has 0 aliphatic rings. The van der Waals surface area contributed by atoms with Gasteiger partial charge >= 0.3 is 0 Å². The summed E-state index contributed by atoms with van der Waals surface area (Å²) in [6.07, 6.45) is 2.30. The first-order chi connectivity index (χ1) is 8.15. The highest BCUT2D eigenvalue weighted by molar-refractivity contribution is 9.10. The largest absolute Gasteiger partial charge is 0.310 e. The number of hydrogen-bond acceptors (Lipinski definition) is 2.